The van der Waals surface area contributed by atoms with Gasteiger partial charge in [-0.15, -0.1) is 0 Å². The molecule has 0 saturated heterocycles. The Balaban J connectivity index is 2.12. The number of carboxylic acids is 1. The third-order valence-electron chi connectivity index (χ3n) is 2.04. The predicted octanol–water partition coefficient (Wildman–Crippen LogP) is 2.39. The molecule has 2 rings (SSSR count). The number of H-pyrrole nitrogens is 1. The van der Waals surface area contributed by atoms with Crippen molar-refractivity contribution in [3.05, 3.63) is 36.3 Å². The maximum atomic E-state index is 12.7. The van der Waals surface area contributed by atoms with Crippen LogP contribution in [-0.4, -0.2) is 26.8 Å². The molecule has 0 aliphatic heterocycles. The number of carbonyl (C=O) groups is 1. The molecule has 0 aliphatic carbocycles. The van der Waals surface area contributed by atoms with Crippen molar-refractivity contribution in [1.82, 2.24) is 9.97 Å². The first kappa shape index (κ1) is 11.7. The van der Waals surface area contributed by atoms with E-state index in [4.69, 9.17) is 5.11 Å². The van der Waals surface area contributed by atoms with Crippen molar-refractivity contribution in [2.75, 3.05) is 5.75 Å². The number of halogens is 1. The molecule has 0 aliphatic rings. The van der Waals surface area contributed by atoms with Gasteiger partial charge in [0.25, 0.3) is 0 Å². The minimum atomic E-state index is -0.894. The van der Waals surface area contributed by atoms with Crippen LogP contribution in [0.1, 0.15) is 0 Å². The highest BCUT2D eigenvalue weighted by Gasteiger charge is 2.05. The Bertz CT molecular complexity index is 525. The average molecular weight is 252 g/mol. The number of aliphatic carboxylic acids is 1. The Kier molecular flexibility index (Phi) is 3.43. The molecular weight excluding hydrogens is 243 g/mol. The zero-order chi connectivity index (χ0) is 12.3. The maximum Gasteiger partial charge on any atom is 0.313 e. The Hall–Kier alpha value is -1.82. The first-order chi connectivity index (χ1) is 8.15. The zero-order valence-corrected chi connectivity index (χ0v) is 9.50. The van der Waals surface area contributed by atoms with Crippen LogP contribution in [0.2, 0.25) is 0 Å². The molecule has 0 atom stereocenters. The highest BCUT2D eigenvalue weighted by atomic mass is 32.2. The van der Waals surface area contributed by atoms with Gasteiger partial charge in [-0.05, 0) is 29.8 Å². The van der Waals surface area contributed by atoms with E-state index in [-0.39, 0.29) is 11.6 Å². The number of hydrogen-bond donors (Lipinski definition) is 2. The van der Waals surface area contributed by atoms with E-state index in [1.165, 1.54) is 12.1 Å². The van der Waals surface area contributed by atoms with E-state index in [1.54, 1.807) is 18.3 Å². The summed E-state index contributed by atoms with van der Waals surface area (Å²) in [5, 5.41) is 9.06. The van der Waals surface area contributed by atoms with Gasteiger partial charge in [0.1, 0.15) is 5.82 Å². The van der Waals surface area contributed by atoms with Crippen molar-refractivity contribution >= 4 is 17.7 Å². The topological polar surface area (TPSA) is 66.0 Å². The van der Waals surface area contributed by atoms with Gasteiger partial charge >= 0.3 is 5.97 Å². The molecule has 0 unspecified atom stereocenters. The SMILES string of the molecule is O=C(O)CSc1ncc(-c2ccc(F)cc2)[nH]1. The number of aromatic nitrogens is 2. The highest BCUT2D eigenvalue weighted by molar-refractivity contribution is 7.99. The maximum absolute atomic E-state index is 12.7. The largest absolute Gasteiger partial charge is 0.481 e. The van der Waals surface area contributed by atoms with Crippen molar-refractivity contribution in [3.8, 4) is 11.3 Å². The lowest BCUT2D eigenvalue weighted by Gasteiger charge is -1.96. The van der Waals surface area contributed by atoms with Crippen molar-refractivity contribution in [3.63, 3.8) is 0 Å². The molecule has 0 amide bonds. The first-order valence-corrected chi connectivity index (χ1v) is 5.79. The summed E-state index contributed by atoms with van der Waals surface area (Å²) in [5.41, 5.74) is 1.54. The third-order valence-corrected chi connectivity index (χ3v) is 2.91. The Morgan fingerprint density at radius 2 is 2.12 bits per heavy atom. The first-order valence-electron chi connectivity index (χ1n) is 4.80. The van der Waals surface area contributed by atoms with E-state index in [0.717, 1.165) is 23.0 Å². The molecule has 1 heterocycles. The summed E-state index contributed by atoms with van der Waals surface area (Å²) in [5.74, 6) is -1.24. The number of benzene rings is 1. The van der Waals surface area contributed by atoms with Crippen molar-refractivity contribution < 1.29 is 14.3 Å². The van der Waals surface area contributed by atoms with Gasteiger partial charge in [0.15, 0.2) is 5.16 Å². The number of aromatic amines is 1. The minimum absolute atomic E-state index is 0.0453. The molecule has 0 spiro atoms. The second kappa shape index (κ2) is 5.01. The second-order valence-electron chi connectivity index (χ2n) is 3.29. The van der Waals surface area contributed by atoms with Crippen LogP contribution < -0.4 is 0 Å². The zero-order valence-electron chi connectivity index (χ0n) is 8.68. The normalized spacial score (nSPS) is 10.4. The van der Waals surface area contributed by atoms with Gasteiger partial charge in [0.05, 0.1) is 17.6 Å². The summed E-state index contributed by atoms with van der Waals surface area (Å²) < 4.78 is 12.7. The molecule has 1 aromatic heterocycles. The Morgan fingerprint density at radius 3 is 2.76 bits per heavy atom. The molecule has 1 aromatic carbocycles. The number of imidazole rings is 1. The van der Waals surface area contributed by atoms with Gasteiger partial charge in [-0.1, -0.05) is 11.8 Å². The van der Waals surface area contributed by atoms with Gasteiger partial charge < -0.3 is 10.1 Å². The Morgan fingerprint density at radius 1 is 1.41 bits per heavy atom. The van der Waals surface area contributed by atoms with Crippen LogP contribution in [0.5, 0.6) is 0 Å². The summed E-state index contributed by atoms with van der Waals surface area (Å²) in [6, 6.07) is 5.99. The molecule has 0 bridgehead atoms. The minimum Gasteiger partial charge on any atom is -0.481 e. The van der Waals surface area contributed by atoms with Gasteiger partial charge in [-0.3, -0.25) is 4.79 Å². The van der Waals surface area contributed by atoms with Gasteiger partial charge in [0, 0.05) is 0 Å². The Labute approximate surface area is 101 Å². The van der Waals surface area contributed by atoms with E-state index >= 15 is 0 Å². The molecular formula is C11H9FN2O2S. The van der Waals surface area contributed by atoms with Crippen LogP contribution in [0.15, 0.2) is 35.6 Å². The summed E-state index contributed by atoms with van der Waals surface area (Å²) in [7, 11) is 0. The van der Waals surface area contributed by atoms with Crippen molar-refractivity contribution in [2.45, 2.75) is 5.16 Å². The lowest BCUT2D eigenvalue weighted by atomic mass is 10.2. The molecule has 0 saturated carbocycles. The van der Waals surface area contributed by atoms with Gasteiger partial charge in [-0.2, -0.15) is 0 Å². The number of carboxylic acid groups (broad SMARTS) is 1. The van der Waals surface area contributed by atoms with E-state index in [1.807, 2.05) is 0 Å². The van der Waals surface area contributed by atoms with E-state index in [2.05, 4.69) is 9.97 Å². The molecule has 4 nitrogen and oxygen atoms in total. The molecule has 6 heteroatoms. The molecule has 2 N–H and O–H groups in total. The predicted molar refractivity (Wildman–Crippen MR) is 62.3 cm³/mol. The standard InChI is InChI=1S/C11H9FN2O2S/c12-8-3-1-7(2-4-8)9-5-13-11(14-9)17-6-10(15)16/h1-5H,6H2,(H,13,14)(H,15,16). The number of hydrogen-bond acceptors (Lipinski definition) is 3. The smallest absolute Gasteiger partial charge is 0.313 e. The van der Waals surface area contributed by atoms with E-state index in [9.17, 15) is 9.18 Å². The third kappa shape index (κ3) is 3.07. The number of nitrogens with zero attached hydrogens (tertiary/aromatic N) is 1. The van der Waals surface area contributed by atoms with Crippen molar-refractivity contribution in [2.24, 2.45) is 0 Å². The van der Waals surface area contributed by atoms with Crippen molar-refractivity contribution in [1.29, 1.82) is 0 Å². The summed E-state index contributed by atoms with van der Waals surface area (Å²) in [6.07, 6.45) is 1.59. The van der Waals surface area contributed by atoms with Crippen LogP contribution in [0, 0.1) is 5.82 Å². The summed E-state index contributed by atoms with van der Waals surface area (Å²) >= 11 is 1.11. The lowest BCUT2D eigenvalue weighted by molar-refractivity contribution is -0.133. The number of thioether (sulfide) groups is 1. The molecule has 17 heavy (non-hydrogen) atoms. The quantitative estimate of drug-likeness (QED) is 0.820. The van der Waals surface area contributed by atoms with Crippen LogP contribution in [0.3, 0.4) is 0 Å². The average Bonchev–Trinajstić information content (AvgIpc) is 2.76. The van der Waals surface area contributed by atoms with E-state index in [0.29, 0.717) is 5.16 Å². The fraction of sp³-hybridized carbons (Fsp3) is 0.0909. The fourth-order valence-electron chi connectivity index (χ4n) is 1.28. The molecule has 0 radical (unpaired) electrons. The van der Waals surface area contributed by atoms with Crippen LogP contribution in [-0.2, 0) is 4.79 Å². The fourth-order valence-corrected chi connectivity index (χ4v) is 1.85. The number of nitrogens with one attached hydrogen (secondary N) is 1. The highest BCUT2D eigenvalue weighted by Crippen LogP contribution is 2.21. The second-order valence-corrected chi connectivity index (χ2v) is 4.26. The lowest BCUT2D eigenvalue weighted by Crippen LogP contribution is -1.97. The summed E-state index contributed by atoms with van der Waals surface area (Å²) in [6.45, 7) is 0. The molecule has 88 valence electrons. The number of rotatable bonds is 4. The summed E-state index contributed by atoms with van der Waals surface area (Å²) in [4.78, 5) is 17.4. The van der Waals surface area contributed by atoms with Crippen LogP contribution in [0.4, 0.5) is 4.39 Å². The molecule has 2 aromatic rings. The van der Waals surface area contributed by atoms with Crippen LogP contribution >= 0.6 is 11.8 Å². The molecule has 0 fully saturated rings. The van der Waals surface area contributed by atoms with Gasteiger partial charge in [0.2, 0.25) is 0 Å². The van der Waals surface area contributed by atoms with E-state index < -0.39 is 5.97 Å². The van der Waals surface area contributed by atoms with Gasteiger partial charge in [-0.25, -0.2) is 9.37 Å². The van der Waals surface area contributed by atoms with Crippen LogP contribution in [0.25, 0.3) is 11.3 Å². The monoisotopic (exact) mass is 252 g/mol.